The number of carbonyl (C=O) groups is 2. The van der Waals surface area contributed by atoms with Crippen LogP contribution in [0.2, 0.25) is 0 Å². The summed E-state index contributed by atoms with van der Waals surface area (Å²) in [4.78, 5) is 24.5. The van der Waals surface area contributed by atoms with Crippen molar-refractivity contribution in [3.8, 4) is 0 Å². The van der Waals surface area contributed by atoms with E-state index in [1.54, 1.807) is 6.08 Å². The van der Waals surface area contributed by atoms with Crippen LogP contribution < -0.4 is 5.32 Å². The fraction of sp³-hybridized carbons (Fsp3) is 0.886. The van der Waals surface area contributed by atoms with Gasteiger partial charge in [0, 0.05) is 12.8 Å². The molecule has 0 aromatic rings. The third-order valence-corrected chi connectivity index (χ3v) is 15.9. The zero-order chi connectivity index (χ0) is 55.0. The summed E-state index contributed by atoms with van der Waals surface area (Å²) in [5.74, 6) is -0.0583. The highest BCUT2D eigenvalue weighted by atomic mass is 16.5. The maximum atomic E-state index is 12.5. The molecular weight excluding hydrogens is 935 g/mol. The second kappa shape index (κ2) is 65.6. The Bertz CT molecular complexity index is 1230. The normalized spacial score (nSPS) is 12.7. The number of carbonyl (C=O) groups excluding carboxylic acids is 2. The Morgan fingerprint density at radius 2 is 0.618 bits per heavy atom. The molecule has 0 fully saturated rings. The number of aliphatic hydroxyl groups is 2. The molecule has 0 aromatic heterocycles. The molecule has 1 amide bonds. The number of allylic oxidation sites excluding steroid dienone is 5. The first-order chi connectivity index (χ1) is 37.5. The van der Waals surface area contributed by atoms with E-state index in [2.05, 4.69) is 43.5 Å². The van der Waals surface area contributed by atoms with E-state index >= 15 is 0 Å². The van der Waals surface area contributed by atoms with E-state index in [-0.39, 0.29) is 18.5 Å². The molecule has 0 aliphatic heterocycles. The number of hydrogen-bond donors (Lipinski definition) is 3. The average Bonchev–Trinajstić information content (AvgIpc) is 3.42. The highest BCUT2D eigenvalue weighted by Crippen LogP contribution is 2.18. The van der Waals surface area contributed by atoms with Crippen LogP contribution in [0.25, 0.3) is 0 Å². The predicted molar refractivity (Wildman–Crippen MR) is 333 cm³/mol. The maximum absolute atomic E-state index is 12.5. The van der Waals surface area contributed by atoms with Crippen molar-refractivity contribution in [1.29, 1.82) is 0 Å². The Labute approximate surface area is 474 Å². The van der Waals surface area contributed by atoms with Crippen LogP contribution in [0.4, 0.5) is 0 Å². The number of ether oxygens (including phenoxy) is 1. The molecule has 0 aromatic carbocycles. The van der Waals surface area contributed by atoms with Gasteiger partial charge in [0.15, 0.2) is 0 Å². The van der Waals surface area contributed by atoms with Crippen LogP contribution >= 0.6 is 0 Å². The smallest absolute Gasteiger partial charge is 0.305 e. The summed E-state index contributed by atoms with van der Waals surface area (Å²) in [7, 11) is 0. The number of hydrogen-bond acceptors (Lipinski definition) is 5. The minimum atomic E-state index is -0.845. The molecule has 0 aliphatic carbocycles. The predicted octanol–water partition coefficient (Wildman–Crippen LogP) is 21.9. The van der Waals surface area contributed by atoms with Crippen molar-refractivity contribution in [2.45, 2.75) is 386 Å². The van der Waals surface area contributed by atoms with Gasteiger partial charge in [-0.15, -0.1) is 0 Å². The van der Waals surface area contributed by atoms with Crippen molar-refractivity contribution in [3.63, 3.8) is 0 Å². The van der Waals surface area contributed by atoms with Crippen LogP contribution in [0.3, 0.4) is 0 Å². The fourth-order valence-corrected chi connectivity index (χ4v) is 10.6. The summed E-state index contributed by atoms with van der Waals surface area (Å²) < 4.78 is 5.48. The summed E-state index contributed by atoms with van der Waals surface area (Å²) >= 11 is 0. The molecule has 0 spiro atoms. The van der Waals surface area contributed by atoms with Gasteiger partial charge < -0.3 is 20.3 Å². The standard InChI is InChI=1S/C70H133NO5/c1-3-5-7-9-11-13-15-17-19-32-35-38-42-46-50-54-58-62-68(73)67(66-72)71-69(74)63-59-55-51-47-43-39-36-33-30-28-26-24-22-20-21-23-25-27-29-31-34-37-41-45-49-53-57-61-65-76-70(75)64-60-56-52-48-44-40-18-16-14-12-10-8-6-4-2/h16,18,20-21,58,62,67-68,72-73H,3-15,17,19,22-57,59-61,63-66H2,1-2H3,(H,71,74)/b18-16-,21-20-,62-58+. The van der Waals surface area contributed by atoms with Gasteiger partial charge in [-0.2, -0.15) is 0 Å². The molecule has 448 valence electrons. The zero-order valence-corrected chi connectivity index (χ0v) is 51.3. The van der Waals surface area contributed by atoms with Crippen LogP contribution in [-0.2, 0) is 14.3 Å². The lowest BCUT2D eigenvalue weighted by Crippen LogP contribution is -2.45. The van der Waals surface area contributed by atoms with Gasteiger partial charge in [-0.3, -0.25) is 9.59 Å². The van der Waals surface area contributed by atoms with E-state index in [1.807, 2.05) is 6.08 Å². The fourth-order valence-electron chi connectivity index (χ4n) is 10.6. The van der Waals surface area contributed by atoms with Crippen molar-refractivity contribution >= 4 is 11.9 Å². The minimum absolute atomic E-state index is 0.00717. The Hall–Kier alpha value is -1.92. The van der Waals surface area contributed by atoms with Gasteiger partial charge >= 0.3 is 5.97 Å². The molecule has 0 heterocycles. The maximum Gasteiger partial charge on any atom is 0.305 e. The molecular formula is C70H133NO5. The quantitative estimate of drug-likeness (QED) is 0.0320. The lowest BCUT2D eigenvalue weighted by Gasteiger charge is -2.20. The number of rotatable bonds is 64. The molecule has 6 nitrogen and oxygen atoms in total. The third-order valence-electron chi connectivity index (χ3n) is 15.9. The Morgan fingerprint density at radius 1 is 0.355 bits per heavy atom. The van der Waals surface area contributed by atoms with Gasteiger partial charge in [0.05, 0.1) is 25.4 Å². The molecule has 0 rings (SSSR count). The number of unbranched alkanes of at least 4 members (excludes halogenated alkanes) is 49. The molecule has 2 atom stereocenters. The molecule has 0 bridgehead atoms. The van der Waals surface area contributed by atoms with Crippen molar-refractivity contribution in [2.24, 2.45) is 0 Å². The van der Waals surface area contributed by atoms with Gasteiger partial charge in [0.25, 0.3) is 0 Å². The molecule has 2 unspecified atom stereocenters. The van der Waals surface area contributed by atoms with Crippen molar-refractivity contribution < 1.29 is 24.5 Å². The highest BCUT2D eigenvalue weighted by Gasteiger charge is 2.18. The lowest BCUT2D eigenvalue weighted by molar-refractivity contribution is -0.143. The molecule has 0 saturated carbocycles. The summed E-state index contributed by atoms with van der Waals surface area (Å²) in [6.45, 7) is 4.92. The van der Waals surface area contributed by atoms with Crippen molar-refractivity contribution in [2.75, 3.05) is 13.2 Å². The Kier molecular flexibility index (Phi) is 63.9. The molecule has 76 heavy (non-hydrogen) atoms. The SMILES string of the molecule is CCCCCCC/C=C\CCCCCCCC(=O)OCCCCCCCCCCCCCC/C=C\CCCCCCCCCCCCCCC(=O)NC(CO)C(O)/C=C/CCCCCCCCCCCCCCCCC. The van der Waals surface area contributed by atoms with E-state index in [0.29, 0.717) is 19.4 Å². The first-order valence-electron chi connectivity index (χ1n) is 34.3. The van der Waals surface area contributed by atoms with Crippen molar-refractivity contribution in [3.05, 3.63) is 36.5 Å². The van der Waals surface area contributed by atoms with E-state index in [4.69, 9.17) is 4.74 Å². The van der Waals surface area contributed by atoms with E-state index in [1.165, 1.54) is 302 Å². The second-order valence-electron chi connectivity index (χ2n) is 23.5. The third kappa shape index (κ3) is 61.3. The second-order valence-corrected chi connectivity index (χ2v) is 23.5. The van der Waals surface area contributed by atoms with Crippen LogP contribution in [-0.4, -0.2) is 47.4 Å². The summed E-state index contributed by atoms with van der Waals surface area (Å²) in [5.41, 5.74) is 0. The van der Waals surface area contributed by atoms with Crippen LogP contribution in [0, 0.1) is 0 Å². The first kappa shape index (κ1) is 74.1. The van der Waals surface area contributed by atoms with Crippen LogP contribution in [0.15, 0.2) is 36.5 Å². The van der Waals surface area contributed by atoms with E-state index < -0.39 is 12.1 Å². The number of amides is 1. The molecule has 0 radical (unpaired) electrons. The topological polar surface area (TPSA) is 95.9 Å². The molecule has 0 aliphatic rings. The molecule has 6 heteroatoms. The average molecular weight is 1070 g/mol. The Morgan fingerprint density at radius 3 is 0.934 bits per heavy atom. The number of nitrogens with one attached hydrogen (secondary N) is 1. The van der Waals surface area contributed by atoms with E-state index in [0.717, 1.165) is 44.9 Å². The van der Waals surface area contributed by atoms with Gasteiger partial charge in [-0.05, 0) is 83.5 Å². The lowest BCUT2D eigenvalue weighted by atomic mass is 10.0. The first-order valence-corrected chi connectivity index (χ1v) is 34.3. The summed E-state index contributed by atoms with van der Waals surface area (Å²) in [6.07, 6.45) is 83.6. The van der Waals surface area contributed by atoms with Gasteiger partial charge in [0.2, 0.25) is 5.91 Å². The minimum Gasteiger partial charge on any atom is -0.466 e. The largest absolute Gasteiger partial charge is 0.466 e. The monoisotopic (exact) mass is 1070 g/mol. The zero-order valence-electron chi connectivity index (χ0n) is 51.3. The Balaban J connectivity index is 3.40. The summed E-state index contributed by atoms with van der Waals surface area (Å²) in [6, 6.07) is -0.628. The van der Waals surface area contributed by atoms with Gasteiger partial charge in [0.1, 0.15) is 0 Å². The molecule has 3 N–H and O–H groups in total. The van der Waals surface area contributed by atoms with E-state index in [9.17, 15) is 19.8 Å². The van der Waals surface area contributed by atoms with Gasteiger partial charge in [-0.25, -0.2) is 0 Å². The van der Waals surface area contributed by atoms with Crippen LogP contribution in [0.1, 0.15) is 373 Å². The van der Waals surface area contributed by atoms with Gasteiger partial charge in [-0.1, -0.05) is 314 Å². The molecule has 0 saturated heterocycles. The van der Waals surface area contributed by atoms with Crippen molar-refractivity contribution in [1.82, 2.24) is 5.32 Å². The highest BCUT2D eigenvalue weighted by molar-refractivity contribution is 5.76. The summed E-state index contributed by atoms with van der Waals surface area (Å²) in [5, 5.41) is 23.2. The number of aliphatic hydroxyl groups excluding tert-OH is 2. The number of esters is 1. The van der Waals surface area contributed by atoms with Crippen LogP contribution in [0.5, 0.6) is 0 Å².